The van der Waals surface area contributed by atoms with Crippen LogP contribution in [0.2, 0.25) is 0 Å². The number of aliphatic imine (C=N–C) groups is 1. The van der Waals surface area contributed by atoms with Crippen molar-refractivity contribution in [2.75, 3.05) is 13.7 Å². The van der Waals surface area contributed by atoms with Crippen molar-refractivity contribution in [3.05, 3.63) is 72.3 Å². The van der Waals surface area contributed by atoms with Gasteiger partial charge in [-0.05, 0) is 37.6 Å². The van der Waals surface area contributed by atoms with Gasteiger partial charge in [-0.15, -0.1) is 0 Å². The predicted molar refractivity (Wildman–Crippen MR) is 121 cm³/mol. The van der Waals surface area contributed by atoms with Gasteiger partial charge in [-0.3, -0.25) is 9.55 Å². The number of hydrogen-bond donors (Lipinski definition) is 1. The molecule has 0 aliphatic heterocycles. The Morgan fingerprint density at radius 2 is 2.06 bits per heavy atom. The Kier molecular flexibility index (Phi) is 7.04. The molecule has 0 unspecified atom stereocenters. The second-order valence-corrected chi connectivity index (χ2v) is 8.07. The van der Waals surface area contributed by atoms with Gasteiger partial charge in [0.1, 0.15) is 10.6 Å². The van der Waals surface area contributed by atoms with E-state index < -0.39 is 10.1 Å². The van der Waals surface area contributed by atoms with Gasteiger partial charge >= 0.3 is 0 Å². The first-order valence-corrected chi connectivity index (χ1v) is 11.2. The molecule has 2 aromatic rings. The van der Waals surface area contributed by atoms with Gasteiger partial charge < -0.3 is 9.15 Å². The van der Waals surface area contributed by atoms with Gasteiger partial charge in [0.25, 0.3) is 10.1 Å². The van der Waals surface area contributed by atoms with E-state index in [-0.39, 0.29) is 10.6 Å². The van der Waals surface area contributed by atoms with E-state index >= 15 is 0 Å². The van der Waals surface area contributed by atoms with Gasteiger partial charge in [0, 0.05) is 23.3 Å². The number of oxazole rings is 1. The van der Waals surface area contributed by atoms with Crippen molar-refractivity contribution in [1.29, 1.82) is 0 Å². The van der Waals surface area contributed by atoms with Gasteiger partial charge in [0.05, 0.1) is 19.0 Å². The molecule has 0 saturated heterocycles. The van der Waals surface area contributed by atoms with E-state index in [0.717, 1.165) is 23.3 Å². The molecule has 1 heterocycles. The molecule has 0 fully saturated rings. The lowest BCUT2D eigenvalue weighted by Crippen LogP contribution is -2.04. The Morgan fingerprint density at radius 1 is 1.29 bits per heavy atom. The van der Waals surface area contributed by atoms with Crippen LogP contribution in [-0.2, 0) is 10.1 Å². The molecule has 0 atom stereocenters. The van der Waals surface area contributed by atoms with E-state index in [2.05, 4.69) is 16.9 Å². The highest BCUT2D eigenvalue weighted by atomic mass is 32.2. The van der Waals surface area contributed by atoms with Crippen LogP contribution in [0.15, 0.2) is 80.7 Å². The Labute approximate surface area is 181 Å². The molecule has 1 N–H and O–H groups in total. The van der Waals surface area contributed by atoms with Crippen LogP contribution in [0.1, 0.15) is 26.2 Å². The molecule has 0 spiro atoms. The van der Waals surface area contributed by atoms with Gasteiger partial charge in [0.2, 0.25) is 5.89 Å². The monoisotopic (exact) mass is 440 g/mol. The van der Waals surface area contributed by atoms with Crippen molar-refractivity contribution < 1.29 is 22.1 Å². The standard InChI is InChI=1S/C23H24N2O5S/c1-4-8-18(17-9-6-7-10-19(17)24-13-5-2)23-25-15-21(30-23)16-11-12-20(29-3)22(14-16)31(26,27)28/h4,6-12,14-15H,5,13H2,1-3H3,(H,26,27,28)/b8-4-,18-17+,24-19+. The summed E-state index contributed by atoms with van der Waals surface area (Å²) in [5.74, 6) is 0.766. The fraction of sp³-hybridized carbons (Fsp3) is 0.217. The zero-order valence-electron chi connectivity index (χ0n) is 17.6. The summed E-state index contributed by atoms with van der Waals surface area (Å²) < 4.78 is 43.9. The van der Waals surface area contributed by atoms with Crippen LogP contribution in [0.3, 0.4) is 0 Å². The van der Waals surface area contributed by atoms with Gasteiger partial charge in [-0.1, -0.05) is 37.3 Å². The Morgan fingerprint density at radius 3 is 2.74 bits per heavy atom. The number of hydrogen-bond acceptors (Lipinski definition) is 6. The van der Waals surface area contributed by atoms with Crippen molar-refractivity contribution in [2.45, 2.75) is 25.2 Å². The van der Waals surface area contributed by atoms with Gasteiger partial charge in [0.15, 0.2) is 5.76 Å². The van der Waals surface area contributed by atoms with E-state index in [0.29, 0.717) is 23.8 Å². The topological polar surface area (TPSA) is 102 Å². The molecule has 0 radical (unpaired) electrons. The van der Waals surface area contributed by atoms with Crippen molar-refractivity contribution in [3.63, 3.8) is 0 Å². The summed E-state index contributed by atoms with van der Waals surface area (Å²) in [5.41, 5.74) is 2.93. The normalized spacial score (nSPS) is 17.0. The summed E-state index contributed by atoms with van der Waals surface area (Å²) in [5, 5.41) is 0. The minimum Gasteiger partial charge on any atom is -0.495 e. The second-order valence-electron chi connectivity index (χ2n) is 6.68. The maximum atomic E-state index is 11.7. The summed E-state index contributed by atoms with van der Waals surface area (Å²) in [6.45, 7) is 4.68. The summed E-state index contributed by atoms with van der Waals surface area (Å²) in [4.78, 5) is 8.71. The minimum absolute atomic E-state index is 0.0404. The van der Waals surface area contributed by atoms with E-state index in [9.17, 15) is 13.0 Å². The number of nitrogens with zero attached hydrogens (tertiary/aromatic N) is 2. The van der Waals surface area contributed by atoms with E-state index in [1.54, 1.807) is 6.07 Å². The highest BCUT2D eigenvalue weighted by Crippen LogP contribution is 2.32. The molecule has 162 valence electrons. The lowest BCUT2D eigenvalue weighted by molar-refractivity contribution is 0.397. The fourth-order valence-corrected chi connectivity index (χ4v) is 3.76. The molecule has 1 aromatic carbocycles. The van der Waals surface area contributed by atoms with E-state index in [1.807, 2.05) is 43.4 Å². The zero-order valence-corrected chi connectivity index (χ0v) is 18.4. The zero-order chi connectivity index (χ0) is 22.4. The third kappa shape index (κ3) is 5.10. The predicted octanol–water partition coefficient (Wildman–Crippen LogP) is 4.90. The quantitative estimate of drug-likeness (QED) is 0.614. The first-order chi connectivity index (χ1) is 14.9. The molecule has 8 heteroatoms. The Bertz CT molecular complexity index is 1210. The number of rotatable bonds is 7. The highest BCUT2D eigenvalue weighted by Gasteiger charge is 2.20. The van der Waals surface area contributed by atoms with Crippen LogP contribution in [0.5, 0.6) is 5.75 Å². The molecule has 1 aliphatic rings. The summed E-state index contributed by atoms with van der Waals surface area (Å²) in [6.07, 6.45) is 14.0. The van der Waals surface area contributed by atoms with E-state index in [4.69, 9.17) is 9.15 Å². The lowest BCUT2D eigenvalue weighted by Gasteiger charge is -2.10. The van der Waals surface area contributed by atoms with Crippen molar-refractivity contribution in [3.8, 4) is 17.1 Å². The molecule has 0 saturated carbocycles. The van der Waals surface area contributed by atoms with E-state index in [1.165, 1.54) is 25.4 Å². The molecular formula is C23H24N2O5S. The lowest BCUT2D eigenvalue weighted by atomic mass is 9.98. The summed E-state index contributed by atoms with van der Waals surface area (Å²) in [6, 6.07) is 4.38. The number of aromatic nitrogens is 1. The summed E-state index contributed by atoms with van der Waals surface area (Å²) >= 11 is 0. The average Bonchev–Trinajstić information content (AvgIpc) is 3.25. The van der Waals surface area contributed by atoms with Gasteiger partial charge in [-0.25, -0.2) is 4.98 Å². The maximum Gasteiger partial charge on any atom is 0.298 e. The van der Waals surface area contributed by atoms with Crippen molar-refractivity contribution in [1.82, 2.24) is 4.98 Å². The first-order valence-electron chi connectivity index (χ1n) is 9.77. The van der Waals surface area contributed by atoms with Crippen molar-refractivity contribution in [2.24, 2.45) is 4.99 Å². The maximum absolute atomic E-state index is 11.7. The molecule has 0 bridgehead atoms. The van der Waals surface area contributed by atoms with Crippen LogP contribution in [-0.4, -0.2) is 37.3 Å². The molecule has 7 nitrogen and oxygen atoms in total. The van der Waals surface area contributed by atoms with Crippen molar-refractivity contribution >= 4 is 21.4 Å². The number of ether oxygens (including phenoxy) is 1. The SMILES string of the molecule is C\C=C/C(=C1/C=CC=C/C1=N\CCC)c1ncc(-c2ccc(OC)c(S(=O)(=O)O)c2)o1. The molecular weight excluding hydrogens is 416 g/mol. The summed E-state index contributed by atoms with van der Waals surface area (Å²) in [7, 11) is -3.14. The molecule has 1 aliphatic carbocycles. The molecule has 3 rings (SSSR count). The van der Waals surface area contributed by atoms with Crippen LogP contribution < -0.4 is 4.74 Å². The Balaban J connectivity index is 2.10. The molecule has 31 heavy (non-hydrogen) atoms. The highest BCUT2D eigenvalue weighted by molar-refractivity contribution is 7.86. The second kappa shape index (κ2) is 9.72. The smallest absolute Gasteiger partial charge is 0.298 e. The van der Waals surface area contributed by atoms with Crippen LogP contribution >= 0.6 is 0 Å². The third-order valence-electron chi connectivity index (χ3n) is 4.50. The largest absolute Gasteiger partial charge is 0.495 e. The number of allylic oxidation sites excluding steroid dienone is 8. The fourth-order valence-electron chi connectivity index (χ4n) is 3.08. The van der Waals surface area contributed by atoms with Gasteiger partial charge in [-0.2, -0.15) is 8.42 Å². The first kappa shape index (κ1) is 22.5. The third-order valence-corrected chi connectivity index (χ3v) is 5.37. The minimum atomic E-state index is -4.47. The Hall–Kier alpha value is -3.23. The van der Waals surface area contributed by atoms with Crippen LogP contribution in [0.4, 0.5) is 0 Å². The average molecular weight is 441 g/mol. The number of methoxy groups -OCH3 is 1. The number of benzene rings is 1. The van der Waals surface area contributed by atoms with Crippen LogP contribution in [0.25, 0.3) is 16.9 Å². The molecule has 1 aromatic heterocycles. The van der Waals surface area contributed by atoms with Crippen LogP contribution in [0, 0.1) is 0 Å². The molecule has 0 amide bonds.